The Bertz CT molecular complexity index is 1030. The molecule has 1 fully saturated rings. The smallest absolute Gasteiger partial charge is 0.223 e. The van der Waals surface area contributed by atoms with Gasteiger partial charge in [-0.15, -0.1) is 0 Å². The van der Waals surface area contributed by atoms with Gasteiger partial charge in [0.2, 0.25) is 5.91 Å². The van der Waals surface area contributed by atoms with Crippen LogP contribution in [0, 0.1) is 19.8 Å². The second kappa shape index (κ2) is 8.46. The lowest BCUT2D eigenvalue weighted by Gasteiger charge is -2.33. The Labute approximate surface area is 178 Å². The van der Waals surface area contributed by atoms with Crippen molar-refractivity contribution < 1.29 is 4.79 Å². The summed E-state index contributed by atoms with van der Waals surface area (Å²) in [4.78, 5) is 19.8. The Morgan fingerprint density at radius 2 is 1.87 bits per heavy atom. The van der Waals surface area contributed by atoms with Crippen molar-refractivity contribution in [3.8, 4) is 0 Å². The molecule has 1 N–H and O–H groups in total. The van der Waals surface area contributed by atoms with Crippen molar-refractivity contribution in [1.29, 1.82) is 0 Å². The fourth-order valence-corrected chi connectivity index (χ4v) is 4.36. The van der Waals surface area contributed by atoms with Gasteiger partial charge in [-0.3, -0.25) is 9.48 Å². The van der Waals surface area contributed by atoms with Crippen LogP contribution in [0.2, 0.25) is 0 Å². The van der Waals surface area contributed by atoms with Gasteiger partial charge in [-0.1, -0.05) is 29.8 Å². The highest BCUT2D eigenvalue weighted by molar-refractivity contribution is 5.91. The number of pyridine rings is 1. The van der Waals surface area contributed by atoms with Crippen molar-refractivity contribution in [3.05, 3.63) is 53.3 Å². The van der Waals surface area contributed by atoms with E-state index in [9.17, 15) is 4.79 Å². The lowest BCUT2D eigenvalue weighted by Crippen LogP contribution is -2.41. The van der Waals surface area contributed by atoms with Crippen molar-refractivity contribution in [2.45, 2.75) is 53.1 Å². The van der Waals surface area contributed by atoms with Gasteiger partial charge in [0, 0.05) is 37.1 Å². The number of nitrogens with one attached hydrogen (secondary N) is 1. The molecule has 1 amide bonds. The van der Waals surface area contributed by atoms with Crippen LogP contribution in [-0.4, -0.2) is 33.8 Å². The van der Waals surface area contributed by atoms with Crippen molar-refractivity contribution in [3.63, 3.8) is 0 Å². The summed E-state index contributed by atoms with van der Waals surface area (Å²) in [6.07, 6.45) is 3.54. The first-order chi connectivity index (χ1) is 14.5. The maximum Gasteiger partial charge on any atom is 0.223 e. The van der Waals surface area contributed by atoms with E-state index in [0.29, 0.717) is 0 Å². The van der Waals surface area contributed by atoms with Gasteiger partial charge in [-0.25, -0.2) is 4.98 Å². The van der Waals surface area contributed by atoms with Crippen LogP contribution in [0.5, 0.6) is 0 Å². The third-order valence-electron chi connectivity index (χ3n) is 6.22. The zero-order chi connectivity index (χ0) is 21.3. The topological polar surface area (TPSA) is 63.1 Å². The average Bonchev–Trinajstić information content (AvgIpc) is 3.10. The molecule has 1 saturated heterocycles. The molecule has 158 valence electrons. The summed E-state index contributed by atoms with van der Waals surface area (Å²) in [5.41, 5.74) is 4.52. The Morgan fingerprint density at radius 1 is 1.17 bits per heavy atom. The van der Waals surface area contributed by atoms with Crippen molar-refractivity contribution >= 4 is 22.6 Å². The molecular formula is C24H31N5O. The number of aromatic nitrogens is 3. The van der Waals surface area contributed by atoms with E-state index in [4.69, 9.17) is 0 Å². The van der Waals surface area contributed by atoms with Crippen LogP contribution in [-0.2, 0) is 11.3 Å². The SMILES string of the molecule is CCn1nc(C)c2ccnc(N3CCC(C(=O)NC(C)c4ccc(C)cc4)CC3)c21. The number of hydrogen-bond donors (Lipinski definition) is 1. The molecule has 0 saturated carbocycles. The fraction of sp³-hybridized carbons (Fsp3) is 0.458. The van der Waals surface area contributed by atoms with E-state index in [1.54, 1.807) is 0 Å². The molecule has 30 heavy (non-hydrogen) atoms. The Morgan fingerprint density at radius 3 is 2.53 bits per heavy atom. The summed E-state index contributed by atoms with van der Waals surface area (Å²) in [6, 6.07) is 10.4. The quantitative estimate of drug-likeness (QED) is 0.692. The number of piperidine rings is 1. The number of amides is 1. The van der Waals surface area contributed by atoms with E-state index >= 15 is 0 Å². The van der Waals surface area contributed by atoms with Gasteiger partial charge in [0.05, 0.1) is 11.7 Å². The molecule has 1 aliphatic rings. The lowest BCUT2D eigenvalue weighted by atomic mass is 9.95. The number of fused-ring (bicyclic) bond motifs is 1. The fourth-order valence-electron chi connectivity index (χ4n) is 4.36. The first-order valence-corrected chi connectivity index (χ1v) is 10.9. The standard InChI is InChI=1S/C24H31N5O/c1-5-29-22-21(18(4)27-29)10-13-25-23(22)28-14-11-20(12-15-28)24(30)26-17(3)19-8-6-16(2)7-9-19/h6-10,13,17,20H,5,11-12,14-15H2,1-4H3,(H,26,30). The Kier molecular flexibility index (Phi) is 5.75. The van der Waals surface area contributed by atoms with E-state index in [1.807, 2.05) is 23.9 Å². The van der Waals surface area contributed by atoms with Gasteiger partial charge in [-0.05, 0) is 52.2 Å². The molecule has 1 unspecified atom stereocenters. The predicted octanol–water partition coefficient (Wildman–Crippen LogP) is 4.16. The molecule has 0 spiro atoms. The minimum Gasteiger partial charge on any atom is -0.355 e. The van der Waals surface area contributed by atoms with Crippen LogP contribution in [0.4, 0.5) is 5.82 Å². The Hall–Kier alpha value is -2.89. The molecule has 3 heterocycles. The molecule has 6 heteroatoms. The third kappa shape index (κ3) is 3.91. The molecule has 3 aromatic rings. The maximum atomic E-state index is 12.8. The summed E-state index contributed by atoms with van der Waals surface area (Å²) in [6.45, 7) is 10.8. The normalized spacial score (nSPS) is 16.1. The molecule has 1 atom stereocenters. The zero-order valence-corrected chi connectivity index (χ0v) is 18.4. The highest BCUT2D eigenvalue weighted by Crippen LogP contribution is 2.30. The van der Waals surface area contributed by atoms with Crippen LogP contribution in [0.1, 0.15) is 49.6 Å². The molecule has 0 bridgehead atoms. The monoisotopic (exact) mass is 405 g/mol. The number of anilines is 1. The summed E-state index contributed by atoms with van der Waals surface area (Å²) >= 11 is 0. The number of benzene rings is 1. The van der Waals surface area contributed by atoms with Gasteiger partial charge in [0.15, 0.2) is 5.82 Å². The van der Waals surface area contributed by atoms with Crippen LogP contribution in [0.15, 0.2) is 36.5 Å². The summed E-state index contributed by atoms with van der Waals surface area (Å²) < 4.78 is 2.04. The van der Waals surface area contributed by atoms with Crippen LogP contribution < -0.4 is 10.2 Å². The molecule has 2 aromatic heterocycles. The van der Waals surface area contributed by atoms with E-state index < -0.39 is 0 Å². The predicted molar refractivity (Wildman–Crippen MR) is 121 cm³/mol. The molecule has 1 aliphatic heterocycles. The van der Waals surface area contributed by atoms with Gasteiger partial charge in [0.25, 0.3) is 0 Å². The van der Waals surface area contributed by atoms with Crippen molar-refractivity contribution in [2.75, 3.05) is 18.0 Å². The summed E-state index contributed by atoms with van der Waals surface area (Å²) in [5, 5.41) is 9.02. The first kappa shape index (κ1) is 20.4. The molecule has 0 radical (unpaired) electrons. The van der Waals surface area contributed by atoms with Crippen molar-refractivity contribution in [1.82, 2.24) is 20.1 Å². The number of nitrogens with zero attached hydrogens (tertiary/aromatic N) is 4. The van der Waals surface area contributed by atoms with Gasteiger partial charge < -0.3 is 10.2 Å². The van der Waals surface area contributed by atoms with E-state index in [2.05, 4.69) is 65.3 Å². The second-order valence-electron chi connectivity index (χ2n) is 8.33. The molecule has 0 aliphatic carbocycles. The number of hydrogen-bond acceptors (Lipinski definition) is 4. The van der Waals surface area contributed by atoms with Crippen LogP contribution in [0.25, 0.3) is 10.9 Å². The van der Waals surface area contributed by atoms with Crippen LogP contribution in [0.3, 0.4) is 0 Å². The first-order valence-electron chi connectivity index (χ1n) is 10.9. The molecule has 6 nitrogen and oxygen atoms in total. The minimum absolute atomic E-state index is 0.0217. The minimum atomic E-state index is 0.0217. The number of aryl methyl sites for hydroxylation is 3. The lowest BCUT2D eigenvalue weighted by molar-refractivity contribution is -0.126. The van der Waals surface area contributed by atoms with Gasteiger partial charge >= 0.3 is 0 Å². The van der Waals surface area contributed by atoms with E-state index in [0.717, 1.165) is 60.5 Å². The summed E-state index contributed by atoms with van der Waals surface area (Å²) in [7, 11) is 0. The summed E-state index contributed by atoms with van der Waals surface area (Å²) in [5.74, 6) is 1.19. The zero-order valence-electron chi connectivity index (χ0n) is 18.4. The highest BCUT2D eigenvalue weighted by Gasteiger charge is 2.28. The third-order valence-corrected chi connectivity index (χ3v) is 6.22. The highest BCUT2D eigenvalue weighted by atomic mass is 16.1. The van der Waals surface area contributed by atoms with Crippen molar-refractivity contribution in [2.24, 2.45) is 5.92 Å². The molecular weight excluding hydrogens is 374 g/mol. The number of carbonyl (C=O) groups is 1. The molecule has 1 aromatic carbocycles. The average molecular weight is 406 g/mol. The number of rotatable bonds is 5. The van der Waals surface area contributed by atoms with E-state index in [1.165, 1.54) is 5.56 Å². The molecule has 4 rings (SSSR count). The Balaban J connectivity index is 1.42. The van der Waals surface area contributed by atoms with Gasteiger partial charge in [0.1, 0.15) is 5.52 Å². The second-order valence-corrected chi connectivity index (χ2v) is 8.33. The largest absolute Gasteiger partial charge is 0.355 e. The number of carbonyl (C=O) groups excluding carboxylic acids is 1. The maximum absolute atomic E-state index is 12.8. The van der Waals surface area contributed by atoms with Crippen LogP contribution >= 0.6 is 0 Å². The van der Waals surface area contributed by atoms with E-state index in [-0.39, 0.29) is 17.9 Å². The van der Waals surface area contributed by atoms with Gasteiger partial charge in [-0.2, -0.15) is 5.10 Å².